The summed E-state index contributed by atoms with van der Waals surface area (Å²) in [6, 6.07) is 13.4. The summed E-state index contributed by atoms with van der Waals surface area (Å²) < 4.78 is 11.5. The summed E-state index contributed by atoms with van der Waals surface area (Å²) in [5.41, 5.74) is 1.78. The standard InChI is InChI=1S/C19H13ClN4O2S/c20-16-8-12-17(22-9-11-4-5-14-15(7-11)26-10-25-14)23-18(24-19(12)27-16)13-3-1-2-6-21-13/h1-8H,9-10H2,(H,22,23,24). The van der Waals surface area contributed by atoms with Crippen LogP contribution in [0.3, 0.4) is 0 Å². The third-order valence-corrected chi connectivity index (χ3v) is 5.31. The van der Waals surface area contributed by atoms with Gasteiger partial charge in [-0.2, -0.15) is 0 Å². The third kappa shape index (κ3) is 3.15. The summed E-state index contributed by atoms with van der Waals surface area (Å²) in [5, 5.41) is 4.29. The third-order valence-electron chi connectivity index (χ3n) is 4.15. The van der Waals surface area contributed by atoms with Gasteiger partial charge in [0.1, 0.15) is 16.3 Å². The molecule has 0 bridgehead atoms. The monoisotopic (exact) mass is 396 g/mol. The van der Waals surface area contributed by atoms with Gasteiger partial charge in [-0.25, -0.2) is 9.97 Å². The number of rotatable bonds is 4. The molecule has 3 aromatic heterocycles. The minimum Gasteiger partial charge on any atom is -0.454 e. The first-order chi connectivity index (χ1) is 13.3. The van der Waals surface area contributed by atoms with Gasteiger partial charge in [0.05, 0.1) is 9.72 Å². The number of aromatic nitrogens is 3. The van der Waals surface area contributed by atoms with Gasteiger partial charge in [0.15, 0.2) is 17.3 Å². The Balaban J connectivity index is 1.50. The second-order valence-electron chi connectivity index (χ2n) is 5.92. The first-order valence-corrected chi connectivity index (χ1v) is 9.46. The van der Waals surface area contributed by atoms with E-state index in [9.17, 15) is 0 Å². The number of ether oxygens (including phenoxy) is 2. The molecule has 0 saturated carbocycles. The molecule has 134 valence electrons. The zero-order valence-electron chi connectivity index (χ0n) is 14.0. The molecule has 0 spiro atoms. The van der Waals surface area contributed by atoms with Crippen LogP contribution >= 0.6 is 22.9 Å². The zero-order valence-corrected chi connectivity index (χ0v) is 15.5. The van der Waals surface area contributed by atoms with Crippen LogP contribution in [-0.2, 0) is 6.54 Å². The summed E-state index contributed by atoms with van der Waals surface area (Å²) >= 11 is 7.63. The average Bonchev–Trinajstić information content (AvgIpc) is 3.31. The summed E-state index contributed by atoms with van der Waals surface area (Å²) in [7, 11) is 0. The number of halogens is 1. The molecule has 8 heteroatoms. The number of anilines is 1. The Labute approximate surface area is 163 Å². The van der Waals surface area contributed by atoms with Crippen molar-refractivity contribution in [2.75, 3.05) is 12.1 Å². The van der Waals surface area contributed by atoms with Crippen molar-refractivity contribution in [2.24, 2.45) is 0 Å². The van der Waals surface area contributed by atoms with E-state index < -0.39 is 0 Å². The maximum atomic E-state index is 6.21. The topological polar surface area (TPSA) is 69.2 Å². The molecule has 0 unspecified atom stereocenters. The normalized spacial score (nSPS) is 12.5. The molecule has 0 aliphatic carbocycles. The maximum Gasteiger partial charge on any atom is 0.231 e. The highest BCUT2D eigenvalue weighted by molar-refractivity contribution is 7.22. The number of thiophene rings is 1. The van der Waals surface area contributed by atoms with Gasteiger partial charge in [0, 0.05) is 12.7 Å². The molecule has 0 amide bonds. The predicted molar refractivity (Wildman–Crippen MR) is 106 cm³/mol. The van der Waals surface area contributed by atoms with E-state index in [4.69, 9.17) is 21.1 Å². The van der Waals surface area contributed by atoms with Crippen molar-refractivity contribution in [3.63, 3.8) is 0 Å². The lowest BCUT2D eigenvalue weighted by molar-refractivity contribution is 0.174. The van der Waals surface area contributed by atoms with Crippen LogP contribution in [-0.4, -0.2) is 21.7 Å². The number of hydrogen-bond donors (Lipinski definition) is 1. The van der Waals surface area contributed by atoms with Crippen LogP contribution in [0.5, 0.6) is 11.5 Å². The lowest BCUT2D eigenvalue weighted by Gasteiger charge is -2.09. The smallest absolute Gasteiger partial charge is 0.231 e. The SMILES string of the molecule is Clc1cc2c(NCc3ccc4c(c3)OCO4)nc(-c3ccccn3)nc2s1. The van der Waals surface area contributed by atoms with Crippen molar-refractivity contribution < 1.29 is 9.47 Å². The van der Waals surface area contributed by atoms with Crippen molar-refractivity contribution in [2.45, 2.75) is 6.54 Å². The van der Waals surface area contributed by atoms with Gasteiger partial charge in [0.25, 0.3) is 0 Å². The Morgan fingerprint density at radius 2 is 2.00 bits per heavy atom. The van der Waals surface area contributed by atoms with Crippen molar-refractivity contribution >= 4 is 39.0 Å². The van der Waals surface area contributed by atoms with Crippen molar-refractivity contribution in [1.29, 1.82) is 0 Å². The molecule has 1 aliphatic heterocycles. The van der Waals surface area contributed by atoms with Crippen LogP contribution in [0.25, 0.3) is 21.7 Å². The highest BCUT2D eigenvalue weighted by Gasteiger charge is 2.15. The molecular weight excluding hydrogens is 384 g/mol. The molecule has 0 fully saturated rings. The molecule has 4 heterocycles. The van der Waals surface area contributed by atoms with Gasteiger partial charge < -0.3 is 14.8 Å². The van der Waals surface area contributed by atoms with E-state index in [2.05, 4.69) is 20.3 Å². The second-order valence-corrected chi connectivity index (χ2v) is 7.58. The van der Waals surface area contributed by atoms with Gasteiger partial charge in [-0.3, -0.25) is 4.98 Å². The molecule has 0 atom stereocenters. The van der Waals surface area contributed by atoms with Crippen LogP contribution in [0.2, 0.25) is 4.34 Å². The van der Waals surface area contributed by atoms with Gasteiger partial charge >= 0.3 is 0 Å². The minimum absolute atomic E-state index is 0.263. The molecule has 1 N–H and O–H groups in total. The predicted octanol–water partition coefficient (Wildman–Crippen LogP) is 4.75. The van der Waals surface area contributed by atoms with Crippen LogP contribution in [0, 0.1) is 0 Å². The molecular formula is C19H13ClN4O2S. The maximum absolute atomic E-state index is 6.21. The average molecular weight is 397 g/mol. The van der Waals surface area contributed by atoms with E-state index in [1.54, 1.807) is 6.20 Å². The number of nitrogens with zero attached hydrogens (tertiary/aromatic N) is 3. The minimum atomic E-state index is 0.263. The number of nitrogens with one attached hydrogen (secondary N) is 1. The fraction of sp³-hybridized carbons (Fsp3) is 0.105. The van der Waals surface area contributed by atoms with Crippen molar-refractivity contribution in [3.8, 4) is 23.0 Å². The fourth-order valence-corrected chi connectivity index (χ4v) is 3.96. The molecule has 6 nitrogen and oxygen atoms in total. The fourth-order valence-electron chi connectivity index (χ4n) is 2.87. The summed E-state index contributed by atoms with van der Waals surface area (Å²) in [5.74, 6) is 2.82. The van der Waals surface area contributed by atoms with Gasteiger partial charge in [-0.05, 0) is 35.9 Å². The Hall–Kier alpha value is -2.90. The molecule has 5 rings (SSSR count). The molecule has 1 aliphatic rings. The lowest BCUT2D eigenvalue weighted by Crippen LogP contribution is -2.04. The Bertz CT molecular complexity index is 1130. The van der Waals surface area contributed by atoms with Crippen LogP contribution < -0.4 is 14.8 Å². The molecule has 1 aromatic carbocycles. The van der Waals surface area contributed by atoms with Gasteiger partial charge in [0.2, 0.25) is 6.79 Å². The summed E-state index contributed by atoms with van der Waals surface area (Å²) in [4.78, 5) is 14.5. The number of fused-ring (bicyclic) bond motifs is 2. The van der Waals surface area contributed by atoms with E-state index in [1.165, 1.54) is 11.3 Å². The number of hydrogen-bond acceptors (Lipinski definition) is 7. The number of benzene rings is 1. The summed E-state index contributed by atoms with van der Waals surface area (Å²) in [6.07, 6.45) is 1.73. The first-order valence-electron chi connectivity index (χ1n) is 8.27. The van der Waals surface area contributed by atoms with Crippen molar-refractivity contribution in [3.05, 3.63) is 58.6 Å². The van der Waals surface area contributed by atoms with E-state index in [0.717, 1.165) is 38.8 Å². The molecule has 0 saturated heterocycles. The molecule has 27 heavy (non-hydrogen) atoms. The van der Waals surface area contributed by atoms with Crippen molar-refractivity contribution in [1.82, 2.24) is 15.0 Å². The first kappa shape index (κ1) is 16.3. The lowest BCUT2D eigenvalue weighted by atomic mass is 10.2. The molecule has 0 radical (unpaired) electrons. The van der Waals surface area contributed by atoms with E-state index in [-0.39, 0.29) is 6.79 Å². The highest BCUT2D eigenvalue weighted by Crippen LogP contribution is 2.35. The van der Waals surface area contributed by atoms with Crippen LogP contribution in [0.15, 0.2) is 48.7 Å². The van der Waals surface area contributed by atoms with Gasteiger partial charge in [-0.1, -0.05) is 23.7 Å². The quantitative estimate of drug-likeness (QED) is 0.537. The largest absolute Gasteiger partial charge is 0.454 e. The second kappa shape index (κ2) is 6.68. The Morgan fingerprint density at radius 3 is 2.89 bits per heavy atom. The van der Waals surface area contributed by atoms with E-state index in [0.29, 0.717) is 16.7 Å². The number of pyridine rings is 1. The summed E-state index contributed by atoms with van der Waals surface area (Å²) in [6.45, 7) is 0.845. The Kier molecular flexibility index (Phi) is 4.03. The van der Waals surface area contributed by atoms with Crippen LogP contribution in [0.1, 0.15) is 5.56 Å². The molecule has 4 aromatic rings. The van der Waals surface area contributed by atoms with E-state index >= 15 is 0 Å². The van der Waals surface area contributed by atoms with Gasteiger partial charge in [-0.15, -0.1) is 11.3 Å². The van der Waals surface area contributed by atoms with E-state index in [1.807, 2.05) is 42.5 Å². The highest BCUT2D eigenvalue weighted by atomic mass is 35.5. The van der Waals surface area contributed by atoms with Crippen LogP contribution in [0.4, 0.5) is 5.82 Å². The Morgan fingerprint density at radius 1 is 1.07 bits per heavy atom. The zero-order chi connectivity index (χ0) is 18.2.